The van der Waals surface area contributed by atoms with Gasteiger partial charge < -0.3 is 15.0 Å². The molecule has 0 spiro atoms. The Balaban J connectivity index is 1.37. The molecule has 3 aromatic rings. The molecule has 0 unspecified atom stereocenters. The highest BCUT2D eigenvalue weighted by Gasteiger charge is 2.15. The molecule has 3 heterocycles. The molecule has 1 aliphatic rings. The number of morpholine rings is 1. The molecule has 158 valence electrons. The smallest absolute Gasteiger partial charge is 0.220 e. The number of aryl methyl sites for hydroxylation is 1. The van der Waals surface area contributed by atoms with E-state index in [4.69, 9.17) is 16.3 Å². The Hall–Kier alpha value is -2.41. The summed E-state index contributed by atoms with van der Waals surface area (Å²) < 4.78 is 5.35. The zero-order valence-electron chi connectivity index (χ0n) is 17.0. The Morgan fingerprint density at radius 2 is 2.10 bits per heavy atom. The van der Waals surface area contributed by atoms with E-state index in [9.17, 15) is 4.79 Å². The number of halogens is 1. The molecule has 1 fully saturated rings. The van der Waals surface area contributed by atoms with E-state index >= 15 is 0 Å². The topological polar surface area (TPSA) is 70.2 Å². The third-order valence-electron chi connectivity index (χ3n) is 5.47. The number of fused-ring (bicyclic) bond motifs is 1. The highest BCUT2D eigenvalue weighted by atomic mass is 35.5. The average Bonchev–Trinajstić information content (AvgIpc) is 3.13. The first-order valence-electron chi connectivity index (χ1n) is 10.5. The molecule has 1 saturated heterocycles. The van der Waals surface area contributed by atoms with Crippen LogP contribution >= 0.6 is 11.6 Å². The van der Waals surface area contributed by atoms with E-state index in [2.05, 4.69) is 20.2 Å². The van der Waals surface area contributed by atoms with Crippen LogP contribution in [0.1, 0.15) is 18.4 Å². The molecule has 4 rings (SSSR count). The number of aromatic nitrogens is 2. The molecule has 7 heteroatoms. The van der Waals surface area contributed by atoms with Gasteiger partial charge in [-0.15, -0.1) is 0 Å². The van der Waals surface area contributed by atoms with Crippen molar-refractivity contribution in [2.75, 3.05) is 39.4 Å². The number of carbonyl (C=O) groups excluding carboxylic acids is 1. The van der Waals surface area contributed by atoms with Gasteiger partial charge in [-0.3, -0.25) is 14.7 Å². The van der Waals surface area contributed by atoms with Crippen LogP contribution in [0.3, 0.4) is 0 Å². The summed E-state index contributed by atoms with van der Waals surface area (Å²) in [6.07, 6.45) is 3.84. The Morgan fingerprint density at radius 1 is 1.23 bits per heavy atom. The van der Waals surface area contributed by atoms with Crippen LogP contribution in [0.5, 0.6) is 0 Å². The zero-order chi connectivity index (χ0) is 20.8. The lowest BCUT2D eigenvalue weighted by Crippen LogP contribution is -2.41. The second-order valence-corrected chi connectivity index (χ2v) is 7.98. The molecule has 0 aliphatic carbocycles. The van der Waals surface area contributed by atoms with E-state index in [1.807, 2.05) is 36.4 Å². The van der Waals surface area contributed by atoms with Crippen molar-refractivity contribution in [2.24, 2.45) is 0 Å². The maximum absolute atomic E-state index is 12.3. The summed E-state index contributed by atoms with van der Waals surface area (Å²) in [5.41, 5.74) is 4.09. The van der Waals surface area contributed by atoms with Gasteiger partial charge in [-0.2, -0.15) is 0 Å². The fraction of sp³-hybridized carbons (Fsp3) is 0.391. The number of pyridine rings is 1. The largest absolute Gasteiger partial charge is 0.379 e. The van der Waals surface area contributed by atoms with Crippen molar-refractivity contribution >= 4 is 28.4 Å². The number of nitrogens with zero attached hydrogens (tertiary/aromatic N) is 2. The van der Waals surface area contributed by atoms with Crippen LogP contribution in [0, 0.1) is 0 Å². The molecular weight excluding hydrogens is 400 g/mol. The molecule has 0 atom stereocenters. The standard InChI is InChI=1S/C23H27ClN4O2/c24-17-7-8-20-19(16-17)18(23(27-20)21-5-1-2-9-25-21)4-3-6-22(29)26-10-11-28-12-14-30-15-13-28/h1-2,5,7-9,16,27H,3-4,6,10-15H2,(H,26,29). The first kappa shape index (κ1) is 20.8. The molecule has 0 saturated carbocycles. The van der Waals surface area contributed by atoms with Gasteiger partial charge in [0.15, 0.2) is 0 Å². The van der Waals surface area contributed by atoms with Gasteiger partial charge >= 0.3 is 0 Å². The minimum Gasteiger partial charge on any atom is -0.379 e. The highest BCUT2D eigenvalue weighted by Crippen LogP contribution is 2.32. The molecule has 1 aliphatic heterocycles. The van der Waals surface area contributed by atoms with Gasteiger partial charge in [0.2, 0.25) is 5.91 Å². The minimum atomic E-state index is 0.0977. The number of nitrogens with one attached hydrogen (secondary N) is 2. The minimum absolute atomic E-state index is 0.0977. The fourth-order valence-corrected chi connectivity index (χ4v) is 4.07. The SMILES string of the molecule is O=C(CCCc1c(-c2ccccn2)[nH]c2ccc(Cl)cc12)NCCN1CCOCC1. The molecule has 2 aromatic heterocycles. The van der Waals surface area contributed by atoms with Crippen molar-refractivity contribution in [1.29, 1.82) is 0 Å². The third-order valence-corrected chi connectivity index (χ3v) is 5.71. The number of rotatable bonds is 8. The van der Waals surface area contributed by atoms with Crippen molar-refractivity contribution in [3.8, 4) is 11.4 Å². The average molecular weight is 427 g/mol. The first-order chi connectivity index (χ1) is 14.7. The van der Waals surface area contributed by atoms with Gasteiger partial charge in [-0.25, -0.2) is 0 Å². The van der Waals surface area contributed by atoms with Crippen molar-refractivity contribution in [2.45, 2.75) is 19.3 Å². The Labute approximate surface area is 181 Å². The molecule has 0 radical (unpaired) electrons. The normalized spacial score (nSPS) is 14.8. The predicted octanol–water partition coefficient (Wildman–Crippen LogP) is 3.65. The van der Waals surface area contributed by atoms with Crippen molar-refractivity contribution in [3.63, 3.8) is 0 Å². The molecular formula is C23H27ClN4O2. The van der Waals surface area contributed by atoms with E-state index in [0.29, 0.717) is 18.0 Å². The number of hydrogen-bond acceptors (Lipinski definition) is 4. The maximum Gasteiger partial charge on any atom is 0.220 e. The number of ether oxygens (including phenoxy) is 1. The zero-order valence-corrected chi connectivity index (χ0v) is 17.8. The second-order valence-electron chi connectivity index (χ2n) is 7.54. The van der Waals surface area contributed by atoms with Crippen LogP contribution in [0.4, 0.5) is 0 Å². The van der Waals surface area contributed by atoms with Gasteiger partial charge in [0.05, 0.1) is 24.6 Å². The third kappa shape index (κ3) is 5.19. The van der Waals surface area contributed by atoms with Gasteiger partial charge in [-0.05, 0) is 48.7 Å². The predicted molar refractivity (Wildman–Crippen MR) is 120 cm³/mol. The van der Waals surface area contributed by atoms with Crippen molar-refractivity contribution < 1.29 is 9.53 Å². The van der Waals surface area contributed by atoms with Crippen LogP contribution in [0.2, 0.25) is 5.02 Å². The number of H-pyrrole nitrogens is 1. The summed E-state index contributed by atoms with van der Waals surface area (Å²) in [6, 6.07) is 11.7. The Kier molecular flexibility index (Phi) is 7.00. The summed E-state index contributed by atoms with van der Waals surface area (Å²) in [5, 5.41) is 4.84. The van der Waals surface area contributed by atoms with E-state index in [1.54, 1.807) is 6.20 Å². The molecule has 2 N–H and O–H groups in total. The first-order valence-corrected chi connectivity index (χ1v) is 10.9. The Morgan fingerprint density at radius 3 is 2.90 bits per heavy atom. The quantitative estimate of drug-likeness (QED) is 0.576. The monoisotopic (exact) mass is 426 g/mol. The van der Waals surface area contributed by atoms with Gasteiger partial charge in [0, 0.05) is 54.7 Å². The van der Waals surface area contributed by atoms with Crippen LogP contribution in [0.15, 0.2) is 42.6 Å². The van der Waals surface area contributed by atoms with Crippen LogP contribution < -0.4 is 5.32 Å². The summed E-state index contributed by atoms with van der Waals surface area (Å²) >= 11 is 6.25. The summed E-state index contributed by atoms with van der Waals surface area (Å²) in [7, 11) is 0. The van der Waals surface area contributed by atoms with E-state index in [1.165, 1.54) is 0 Å². The van der Waals surface area contributed by atoms with E-state index in [-0.39, 0.29) is 5.91 Å². The summed E-state index contributed by atoms with van der Waals surface area (Å²) in [4.78, 5) is 22.6. The molecule has 6 nitrogen and oxygen atoms in total. The van der Waals surface area contributed by atoms with Crippen LogP contribution in [-0.4, -0.2) is 60.2 Å². The second kappa shape index (κ2) is 10.1. The number of aromatic amines is 1. The maximum atomic E-state index is 12.3. The number of carbonyl (C=O) groups is 1. The molecule has 30 heavy (non-hydrogen) atoms. The van der Waals surface area contributed by atoms with Gasteiger partial charge in [0.25, 0.3) is 0 Å². The molecule has 1 amide bonds. The molecule has 1 aromatic carbocycles. The van der Waals surface area contributed by atoms with Crippen LogP contribution in [0.25, 0.3) is 22.3 Å². The fourth-order valence-electron chi connectivity index (χ4n) is 3.90. The highest BCUT2D eigenvalue weighted by molar-refractivity contribution is 6.31. The lowest BCUT2D eigenvalue weighted by molar-refractivity contribution is -0.121. The lowest BCUT2D eigenvalue weighted by atomic mass is 10.0. The molecule has 0 bridgehead atoms. The summed E-state index contributed by atoms with van der Waals surface area (Å²) in [6.45, 7) is 4.99. The van der Waals surface area contributed by atoms with Gasteiger partial charge in [-0.1, -0.05) is 17.7 Å². The van der Waals surface area contributed by atoms with E-state index in [0.717, 1.165) is 73.5 Å². The lowest BCUT2D eigenvalue weighted by Gasteiger charge is -2.26. The van der Waals surface area contributed by atoms with E-state index < -0.39 is 0 Å². The summed E-state index contributed by atoms with van der Waals surface area (Å²) in [5.74, 6) is 0.0977. The Bertz CT molecular complexity index is 984. The van der Waals surface area contributed by atoms with Crippen molar-refractivity contribution in [3.05, 3.63) is 53.2 Å². The number of amides is 1. The number of hydrogen-bond donors (Lipinski definition) is 2. The number of benzene rings is 1. The van der Waals surface area contributed by atoms with Crippen LogP contribution in [-0.2, 0) is 16.0 Å². The van der Waals surface area contributed by atoms with Crippen molar-refractivity contribution in [1.82, 2.24) is 20.2 Å². The van der Waals surface area contributed by atoms with Gasteiger partial charge in [0.1, 0.15) is 0 Å².